The van der Waals surface area contributed by atoms with Crippen LogP contribution in [-0.4, -0.2) is 35.6 Å². The standard InChI is InChI=1S/C26H19F2NO6/c1-34-21-7-2-14(11-19(21)30)23-22(24(31)15-3-6-20-13(10-15)8-9-35-20)25(32)26(33)29(23)16-4-5-17(27)18(28)12-16/h2-7,10-12,23,30-31H,8-9H2,1H3/b24-22-. The van der Waals surface area contributed by atoms with E-state index in [4.69, 9.17) is 9.47 Å². The highest BCUT2D eigenvalue weighted by molar-refractivity contribution is 6.51. The summed E-state index contributed by atoms with van der Waals surface area (Å²) in [6, 6.07) is 10.7. The fraction of sp³-hybridized carbons (Fsp3) is 0.154. The molecule has 178 valence electrons. The van der Waals surface area contributed by atoms with Gasteiger partial charge < -0.3 is 19.7 Å². The van der Waals surface area contributed by atoms with Gasteiger partial charge in [-0.15, -0.1) is 0 Å². The Morgan fingerprint density at radius 3 is 2.57 bits per heavy atom. The molecule has 2 aliphatic rings. The van der Waals surface area contributed by atoms with Crippen LogP contribution in [0.15, 0.2) is 60.2 Å². The van der Waals surface area contributed by atoms with Crippen LogP contribution in [-0.2, 0) is 16.0 Å². The number of anilines is 1. The quantitative estimate of drug-likeness (QED) is 0.330. The third-order valence-corrected chi connectivity index (χ3v) is 6.11. The van der Waals surface area contributed by atoms with Gasteiger partial charge in [-0.3, -0.25) is 14.5 Å². The fourth-order valence-corrected chi connectivity index (χ4v) is 4.42. The molecule has 5 rings (SSSR count). The molecule has 9 heteroatoms. The molecule has 2 heterocycles. The Hall–Kier alpha value is -4.40. The second kappa shape index (κ2) is 8.43. The Kier molecular flexibility index (Phi) is 5.39. The van der Waals surface area contributed by atoms with Crippen molar-refractivity contribution in [3.8, 4) is 17.2 Å². The van der Waals surface area contributed by atoms with Crippen LogP contribution in [0.25, 0.3) is 5.76 Å². The molecule has 0 aromatic heterocycles. The molecule has 1 atom stereocenters. The summed E-state index contributed by atoms with van der Waals surface area (Å²) >= 11 is 0. The Morgan fingerprint density at radius 2 is 1.86 bits per heavy atom. The molecule has 0 radical (unpaired) electrons. The number of carbonyl (C=O) groups excluding carboxylic acids is 2. The molecule has 0 saturated carbocycles. The average Bonchev–Trinajstić information content (AvgIpc) is 3.42. The summed E-state index contributed by atoms with van der Waals surface area (Å²) in [5, 5.41) is 21.6. The van der Waals surface area contributed by atoms with E-state index >= 15 is 0 Å². The second-order valence-corrected chi connectivity index (χ2v) is 8.12. The molecule has 1 fully saturated rings. The number of aromatic hydroxyl groups is 1. The van der Waals surface area contributed by atoms with Gasteiger partial charge in [0.15, 0.2) is 23.1 Å². The lowest BCUT2D eigenvalue weighted by Crippen LogP contribution is -2.29. The topological polar surface area (TPSA) is 96.3 Å². The number of nitrogens with zero attached hydrogens (tertiary/aromatic N) is 1. The van der Waals surface area contributed by atoms with E-state index in [1.54, 1.807) is 18.2 Å². The zero-order valence-corrected chi connectivity index (χ0v) is 18.4. The van der Waals surface area contributed by atoms with Crippen LogP contribution in [0.4, 0.5) is 14.5 Å². The lowest BCUT2D eigenvalue weighted by molar-refractivity contribution is -0.132. The van der Waals surface area contributed by atoms with Gasteiger partial charge in [0.25, 0.3) is 11.7 Å². The number of fused-ring (bicyclic) bond motifs is 1. The van der Waals surface area contributed by atoms with Gasteiger partial charge in [0.2, 0.25) is 0 Å². The summed E-state index contributed by atoms with van der Waals surface area (Å²) in [4.78, 5) is 27.3. The number of aliphatic hydroxyl groups excluding tert-OH is 1. The summed E-state index contributed by atoms with van der Waals surface area (Å²) in [6.07, 6.45) is 0.620. The van der Waals surface area contributed by atoms with E-state index in [1.165, 1.54) is 25.3 Å². The van der Waals surface area contributed by atoms with E-state index in [9.17, 15) is 28.6 Å². The van der Waals surface area contributed by atoms with Crippen molar-refractivity contribution < 1.29 is 38.1 Å². The summed E-state index contributed by atoms with van der Waals surface area (Å²) < 4.78 is 38.2. The van der Waals surface area contributed by atoms with Crippen LogP contribution >= 0.6 is 0 Å². The first-order valence-electron chi connectivity index (χ1n) is 10.7. The number of aliphatic hydroxyl groups is 1. The Morgan fingerprint density at radius 1 is 1.06 bits per heavy atom. The van der Waals surface area contributed by atoms with Crippen molar-refractivity contribution in [2.45, 2.75) is 12.5 Å². The van der Waals surface area contributed by atoms with Gasteiger partial charge >= 0.3 is 0 Å². The molecule has 0 spiro atoms. The van der Waals surface area contributed by atoms with E-state index in [0.717, 1.165) is 28.7 Å². The summed E-state index contributed by atoms with van der Waals surface area (Å²) in [6.45, 7) is 0.491. The number of rotatable bonds is 4. The third-order valence-electron chi connectivity index (χ3n) is 6.11. The van der Waals surface area contributed by atoms with Gasteiger partial charge in [-0.05, 0) is 53.6 Å². The monoisotopic (exact) mass is 479 g/mol. The first-order valence-corrected chi connectivity index (χ1v) is 10.7. The van der Waals surface area contributed by atoms with Gasteiger partial charge in [-0.25, -0.2) is 8.78 Å². The number of hydrogen-bond donors (Lipinski definition) is 2. The van der Waals surface area contributed by atoms with Crippen LogP contribution in [0, 0.1) is 11.6 Å². The third kappa shape index (κ3) is 3.65. The number of methoxy groups -OCH3 is 1. The number of halogens is 2. The van der Waals surface area contributed by atoms with Gasteiger partial charge in [0, 0.05) is 23.7 Å². The predicted molar refractivity (Wildman–Crippen MR) is 121 cm³/mol. The molecule has 3 aromatic carbocycles. The molecule has 2 aliphatic heterocycles. The molecule has 3 aromatic rings. The maximum absolute atomic E-state index is 14.1. The van der Waals surface area contributed by atoms with Gasteiger partial charge in [0.05, 0.1) is 25.3 Å². The Labute approximate surface area is 198 Å². The van der Waals surface area contributed by atoms with Crippen molar-refractivity contribution in [3.05, 3.63) is 88.5 Å². The number of amides is 1. The minimum atomic E-state index is -1.24. The largest absolute Gasteiger partial charge is 0.507 e. The van der Waals surface area contributed by atoms with E-state index < -0.39 is 35.1 Å². The first-order chi connectivity index (χ1) is 16.8. The molecule has 1 amide bonds. The minimum absolute atomic E-state index is 0.0901. The Bertz CT molecular complexity index is 1420. The maximum Gasteiger partial charge on any atom is 0.300 e. The molecule has 35 heavy (non-hydrogen) atoms. The average molecular weight is 479 g/mol. The fourth-order valence-electron chi connectivity index (χ4n) is 4.42. The van der Waals surface area contributed by atoms with Gasteiger partial charge in [-0.1, -0.05) is 6.07 Å². The number of benzene rings is 3. The molecule has 7 nitrogen and oxygen atoms in total. The van der Waals surface area contributed by atoms with Crippen molar-refractivity contribution in [1.82, 2.24) is 0 Å². The van der Waals surface area contributed by atoms with Crippen molar-refractivity contribution in [2.75, 3.05) is 18.6 Å². The first kappa shape index (κ1) is 22.4. The summed E-state index contributed by atoms with van der Waals surface area (Å²) in [5.41, 5.74) is 1.02. The lowest BCUT2D eigenvalue weighted by atomic mass is 9.94. The van der Waals surface area contributed by atoms with E-state index in [-0.39, 0.29) is 28.3 Å². The molecule has 1 saturated heterocycles. The number of Topliss-reactive ketones (excluding diaryl/α,β-unsaturated/α-hetero) is 1. The van der Waals surface area contributed by atoms with Crippen LogP contribution < -0.4 is 14.4 Å². The zero-order chi connectivity index (χ0) is 24.9. The van der Waals surface area contributed by atoms with Crippen molar-refractivity contribution in [2.24, 2.45) is 0 Å². The number of ketones is 1. The van der Waals surface area contributed by atoms with Crippen molar-refractivity contribution in [1.29, 1.82) is 0 Å². The smallest absolute Gasteiger partial charge is 0.300 e. The molecule has 0 bridgehead atoms. The molecular weight excluding hydrogens is 460 g/mol. The summed E-state index contributed by atoms with van der Waals surface area (Å²) in [5.74, 6) is -4.27. The molecular formula is C26H19F2NO6. The highest BCUT2D eigenvalue weighted by Gasteiger charge is 2.47. The molecule has 2 N–H and O–H groups in total. The normalized spacial score (nSPS) is 18.5. The highest BCUT2D eigenvalue weighted by Crippen LogP contribution is 2.44. The van der Waals surface area contributed by atoms with E-state index in [1.807, 2.05) is 0 Å². The molecule has 0 aliphatic carbocycles. The number of phenols is 1. The maximum atomic E-state index is 14.1. The number of phenolic OH excluding ortho intramolecular Hbond substituents is 1. The number of ether oxygens (including phenoxy) is 2. The highest BCUT2D eigenvalue weighted by atomic mass is 19.2. The van der Waals surface area contributed by atoms with Crippen LogP contribution in [0.5, 0.6) is 17.2 Å². The van der Waals surface area contributed by atoms with Crippen LogP contribution in [0.2, 0.25) is 0 Å². The lowest BCUT2D eigenvalue weighted by Gasteiger charge is -2.26. The second-order valence-electron chi connectivity index (χ2n) is 8.12. The zero-order valence-electron chi connectivity index (χ0n) is 18.4. The van der Waals surface area contributed by atoms with Crippen LogP contribution in [0.1, 0.15) is 22.7 Å². The van der Waals surface area contributed by atoms with Crippen LogP contribution in [0.3, 0.4) is 0 Å². The SMILES string of the molecule is COc1ccc(C2/C(=C(/O)c3ccc4c(c3)CCO4)C(=O)C(=O)N2c2ccc(F)c(F)c2)cc1O. The summed E-state index contributed by atoms with van der Waals surface area (Å²) in [7, 11) is 1.36. The number of hydrogen-bond acceptors (Lipinski definition) is 6. The van der Waals surface area contributed by atoms with Crippen molar-refractivity contribution in [3.63, 3.8) is 0 Å². The number of carbonyl (C=O) groups is 2. The predicted octanol–water partition coefficient (Wildman–Crippen LogP) is 4.24. The van der Waals surface area contributed by atoms with Gasteiger partial charge in [0.1, 0.15) is 11.5 Å². The van der Waals surface area contributed by atoms with E-state index in [0.29, 0.717) is 24.3 Å². The van der Waals surface area contributed by atoms with Gasteiger partial charge in [-0.2, -0.15) is 0 Å². The Balaban J connectivity index is 1.72. The minimum Gasteiger partial charge on any atom is -0.507 e. The van der Waals surface area contributed by atoms with E-state index in [2.05, 4.69) is 0 Å². The van der Waals surface area contributed by atoms with Crippen molar-refractivity contribution >= 4 is 23.1 Å². The molecule has 1 unspecified atom stereocenters.